The summed E-state index contributed by atoms with van der Waals surface area (Å²) < 4.78 is 0. The fraction of sp³-hybridized carbons (Fsp3) is 0.600. The van der Waals surface area contributed by atoms with Crippen molar-refractivity contribution in [3.8, 4) is 0 Å². The molecule has 0 N–H and O–H groups in total. The summed E-state index contributed by atoms with van der Waals surface area (Å²) in [4.78, 5) is 10.5. The first-order valence-electron chi connectivity index (χ1n) is 4.33. The fourth-order valence-electron chi connectivity index (χ4n) is 1.42. The third-order valence-electron chi connectivity index (χ3n) is 3.21. The van der Waals surface area contributed by atoms with Gasteiger partial charge in [-0.15, -0.1) is 0 Å². The van der Waals surface area contributed by atoms with Crippen LogP contribution in [0.5, 0.6) is 0 Å². The highest BCUT2D eigenvalue weighted by Crippen LogP contribution is 2.47. The van der Waals surface area contributed by atoms with Gasteiger partial charge in [-0.05, 0) is 19.3 Å². The number of hydrogen-bond donors (Lipinski definition) is 0. The minimum absolute atomic E-state index is 0.163. The van der Waals surface area contributed by atoms with Crippen LogP contribution in [0.2, 0.25) is 0 Å². The Hall–Kier alpha value is -1.12. The van der Waals surface area contributed by atoms with Crippen molar-refractivity contribution >= 4 is 0 Å². The van der Waals surface area contributed by atoms with E-state index >= 15 is 0 Å². The van der Waals surface area contributed by atoms with Crippen molar-refractivity contribution in [3.63, 3.8) is 0 Å². The van der Waals surface area contributed by atoms with Crippen molar-refractivity contribution in [2.75, 3.05) is 0 Å². The molecule has 0 aromatic heterocycles. The van der Waals surface area contributed by atoms with Gasteiger partial charge in [-0.2, -0.15) is 0 Å². The van der Waals surface area contributed by atoms with Crippen LogP contribution in [0.3, 0.4) is 0 Å². The minimum atomic E-state index is -0.411. The Morgan fingerprint density at radius 2 is 1.85 bits per heavy atom. The molecule has 0 aromatic rings. The van der Waals surface area contributed by atoms with Crippen LogP contribution in [0.25, 0.3) is 0 Å². The smallest absolute Gasteiger partial charge is 0.252 e. The molecule has 0 fully saturated rings. The van der Waals surface area contributed by atoms with Crippen LogP contribution in [-0.2, 0) is 0 Å². The first kappa shape index (κ1) is 9.96. The lowest BCUT2D eigenvalue weighted by Gasteiger charge is -2.38. The van der Waals surface area contributed by atoms with E-state index in [9.17, 15) is 10.1 Å². The SMILES string of the molecule is CC1(C)C=CC=C([N+](=O)[O-])C1(C)C. The van der Waals surface area contributed by atoms with Gasteiger partial charge in [0.25, 0.3) is 5.70 Å². The lowest BCUT2D eigenvalue weighted by Crippen LogP contribution is -2.36. The van der Waals surface area contributed by atoms with E-state index in [-0.39, 0.29) is 10.3 Å². The molecular formula is C10H15NO2. The molecule has 0 unspecified atom stereocenters. The Morgan fingerprint density at radius 1 is 1.31 bits per heavy atom. The maximum absolute atomic E-state index is 10.8. The van der Waals surface area contributed by atoms with Gasteiger partial charge in [-0.25, -0.2) is 0 Å². The zero-order valence-corrected chi connectivity index (χ0v) is 8.50. The van der Waals surface area contributed by atoms with Gasteiger partial charge in [0.1, 0.15) is 0 Å². The molecular weight excluding hydrogens is 166 g/mol. The van der Waals surface area contributed by atoms with Crippen LogP contribution in [0.1, 0.15) is 27.7 Å². The Labute approximate surface area is 78.3 Å². The zero-order chi connectivity index (χ0) is 10.3. The Kier molecular flexibility index (Phi) is 2.06. The number of rotatable bonds is 1. The van der Waals surface area contributed by atoms with Gasteiger partial charge < -0.3 is 0 Å². The summed E-state index contributed by atoms with van der Waals surface area (Å²) in [5.41, 5.74) is -0.282. The summed E-state index contributed by atoms with van der Waals surface area (Å²) in [6, 6.07) is 0. The first-order chi connectivity index (χ1) is 5.79. The molecule has 0 aromatic carbocycles. The van der Waals surface area contributed by atoms with Crippen LogP contribution in [0.15, 0.2) is 23.9 Å². The van der Waals surface area contributed by atoms with Crippen molar-refractivity contribution in [2.24, 2.45) is 10.8 Å². The molecule has 3 nitrogen and oxygen atoms in total. The second kappa shape index (κ2) is 2.69. The van der Waals surface area contributed by atoms with Gasteiger partial charge in [-0.1, -0.05) is 26.0 Å². The van der Waals surface area contributed by atoms with E-state index < -0.39 is 5.41 Å². The molecule has 1 aliphatic carbocycles. The number of nitrogens with zero attached hydrogens (tertiary/aromatic N) is 1. The van der Waals surface area contributed by atoms with Crippen molar-refractivity contribution in [3.05, 3.63) is 34.0 Å². The van der Waals surface area contributed by atoms with E-state index in [2.05, 4.69) is 0 Å². The maximum atomic E-state index is 10.8. The highest BCUT2D eigenvalue weighted by Gasteiger charge is 2.46. The van der Waals surface area contributed by atoms with Crippen LogP contribution in [0.4, 0.5) is 0 Å². The van der Waals surface area contributed by atoms with Crippen LogP contribution in [-0.4, -0.2) is 4.92 Å². The van der Waals surface area contributed by atoms with E-state index in [1.54, 1.807) is 12.2 Å². The average molecular weight is 181 g/mol. The molecule has 0 spiro atoms. The Bertz CT molecular complexity index is 298. The topological polar surface area (TPSA) is 43.1 Å². The second-order valence-corrected chi connectivity index (χ2v) is 4.51. The first-order valence-corrected chi connectivity index (χ1v) is 4.33. The summed E-state index contributed by atoms with van der Waals surface area (Å²) in [5.74, 6) is 0. The van der Waals surface area contributed by atoms with Crippen molar-refractivity contribution in [1.82, 2.24) is 0 Å². The molecule has 0 radical (unpaired) electrons. The van der Waals surface area contributed by atoms with E-state index in [1.165, 1.54) is 0 Å². The predicted octanol–water partition coefficient (Wildman–Crippen LogP) is 2.77. The van der Waals surface area contributed by atoms with Crippen molar-refractivity contribution < 1.29 is 4.92 Å². The highest BCUT2D eigenvalue weighted by atomic mass is 16.6. The molecule has 0 aliphatic heterocycles. The molecule has 0 heterocycles. The van der Waals surface area contributed by atoms with E-state index in [4.69, 9.17) is 0 Å². The molecule has 0 saturated carbocycles. The monoisotopic (exact) mass is 181 g/mol. The molecule has 0 saturated heterocycles. The third-order valence-corrected chi connectivity index (χ3v) is 3.21. The van der Waals surface area contributed by atoms with Crippen LogP contribution < -0.4 is 0 Å². The van der Waals surface area contributed by atoms with Gasteiger partial charge in [0, 0.05) is 6.08 Å². The average Bonchev–Trinajstić information content (AvgIpc) is 1.94. The number of allylic oxidation sites excluding steroid dienone is 4. The molecule has 0 atom stereocenters. The maximum Gasteiger partial charge on any atom is 0.252 e. The third kappa shape index (κ3) is 1.39. The van der Waals surface area contributed by atoms with Gasteiger partial charge in [0.05, 0.1) is 10.3 Å². The summed E-state index contributed by atoms with van der Waals surface area (Å²) in [5, 5.41) is 10.8. The predicted molar refractivity (Wildman–Crippen MR) is 51.8 cm³/mol. The van der Waals surface area contributed by atoms with Crippen molar-refractivity contribution in [2.45, 2.75) is 27.7 Å². The summed E-state index contributed by atoms with van der Waals surface area (Å²) in [7, 11) is 0. The normalized spacial score (nSPS) is 23.8. The molecule has 0 amide bonds. The lowest BCUT2D eigenvalue weighted by molar-refractivity contribution is -0.443. The largest absolute Gasteiger partial charge is 0.259 e. The van der Waals surface area contributed by atoms with Gasteiger partial charge in [0.2, 0.25) is 0 Å². The van der Waals surface area contributed by atoms with Crippen LogP contribution >= 0.6 is 0 Å². The molecule has 13 heavy (non-hydrogen) atoms. The van der Waals surface area contributed by atoms with E-state index in [0.29, 0.717) is 5.70 Å². The second-order valence-electron chi connectivity index (χ2n) is 4.51. The standard InChI is InChI=1S/C10H15NO2/c1-9(2)7-5-6-8(11(12)13)10(9,3)4/h5-7H,1-4H3. The molecule has 3 heteroatoms. The quantitative estimate of drug-likeness (QED) is 0.461. The number of hydrogen-bond acceptors (Lipinski definition) is 2. The summed E-state index contributed by atoms with van der Waals surface area (Å²) >= 11 is 0. The van der Waals surface area contributed by atoms with Crippen molar-refractivity contribution in [1.29, 1.82) is 0 Å². The molecule has 72 valence electrons. The van der Waals surface area contributed by atoms with Gasteiger partial charge in [0.15, 0.2) is 0 Å². The summed E-state index contributed by atoms with van der Waals surface area (Å²) in [6.45, 7) is 7.84. The number of nitro groups is 1. The Morgan fingerprint density at radius 3 is 2.23 bits per heavy atom. The molecule has 1 aliphatic rings. The lowest BCUT2D eigenvalue weighted by atomic mass is 9.64. The highest BCUT2D eigenvalue weighted by molar-refractivity contribution is 5.25. The van der Waals surface area contributed by atoms with Crippen LogP contribution in [0, 0.1) is 20.9 Å². The Balaban J connectivity index is 3.19. The molecule has 1 rings (SSSR count). The zero-order valence-electron chi connectivity index (χ0n) is 8.50. The molecule has 0 bridgehead atoms. The minimum Gasteiger partial charge on any atom is -0.259 e. The van der Waals surface area contributed by atoms with E-state index in [0.717, 1.165) is 0 Å². The van der Waals surface area contributed by atoms with Gasteiger partial charge >= 0.3 is 0 Å². The van der Waals surface area contributed by atoms with E-state index in [1.807, 2.05) is 33.8 Å². The van der Waals surface area contributed by atoms with Gasteiger partial charge in [-0.3, -0.25) is 10.1 Å². The fourth-order valence-corrected chi connectivity index (χ4v) is 1.42. The summed E-state index contributed by atoms with van der Waals surface area (Å²) in [6.07, 6.45) is 5.37.